The monoisotopic (exact) mass is 252 g/mol. The van der Waals surface area contributed by atoms with E-state index in [2.05, 4.69) is 27.3 Å². The van der Waals surface area contributed by atoms with Crippen molar-refractivity contribution < 1.29 is 4.42 Å². The Balaban J connectivity index is 1.95. The molecule has 0 amide bonds. The molecule has 0 saturated carbocycles. The summed E-state index contributed by atoms with van der Waals surface area (Å²) in [6.07, 6.45) is 1.70. The third kappa shape index (κ3) is 3.28. The van der Waals surface area contributed by atoms with E-state index >= 15 is 0 Å². The van der Waals surface area contributed by atoms with E-state index in [0.29, 0.717) is 0 Å². The number of anilines is 1. The Morgan fingerprint density at radius 2 is 2.29 bits per heavy atom. The van der Waals surface area contributed by atoms with Gasteiger partial charge in [-0.1, -0.05) is 18.3 Å². The number of nitrogens with zero attached hydrogens (tertiary/aromatic N) is 3. The van der Waals surface area contributed by atoms with Crippen LogP contribution in [0.15, 0.2) is 22.8 Å². The van der Waals surface area contributed by atoms with Crippen LogP contribution in [0, 0.1) is 0 Å². The Hall–Kier alpha value is -1.40. The molecule has 0 fully saturated rings. The fraction of sp³-hybridized carbons (Fsp3) is 0.455. The minimum Gasteiger partial charge on any atom is -0.468 e. The van der Waals surface area contributed by atoms with Crippen LogP contribution in [-0.4, -0.2) is 28.7 Å². The van der Waals surface area contributed by atoms with Crippen molar-refractivity contribution in [2.45, 2.75) is 20.0 Å². The smallest absolute Gasteiger partial charge is 0.205 e. The van der Waals surface area contributed by atoms with Crippen LogP contribution in [-0.2, 0) is 13.1 Å². The Kier molecular flexibility index (Phi) is 4.11. The highest BCUT2D eigenvalue weighted by molar-refractivity contribution is 7.15. The average molecular weight is 252 g/mol. The van der Waals surface area contributed by atoms with Gasteiger partial charge in [-0.2, -0.15) is 0 Å². The molecule has 0 aliphatic rings. The molecule has 17 heavy (non-hydrogen) atoms. The highest BCUT2D eigenvalue weighted by Gasteiger charge is 2.10. The Bertz CT molecular complexity index is 440. The van der Waals surface area contributed by atoms with Gasteiger partial charge in [0.1, 0.15) is 10.8 Å². The van der Waals surface area contributed by atoms with Crippen LogP contribution in [0.3, 0.4) is 0 Å². The van der Waals surface area contributed by atoms with Gasteiger partial charge >= 0.3 is 0 Å². The Morgan fingerprint density at radius 3 is 2.88 bits per heavy atom. The van der Waals surface area contributed by atoms with Crippen LogP contribution >= 0.6 is 11.3 Å². The molecule has 0 aliphatic heterocycles. The first-order valence-corrected chi connectivity index (χ1v) is 6.38. The van der Waals surface area contributed by atoms with Gasteiger partial charge in [0.15, 0.2) is 0 Å². The van der Waals surface area contributed by atoms with Crippen molar-refractivity contribution in [2.75, 3.05) is 18.9 Å². The average Bonchev–Trinajstić information content (AvgIpc) is 2.99. The normalized spacial score (nSPS) is 11.0. The van der Waals surface area contributed by atoms with Gasteiger partial charge in [0.05, 0.1) is 19.4 Å². The molecule has 1 N–H and O–H groups in total. The number of hydrogen-bond acceptors (Lipinski definition) is 6. The number of hydrogen-bond donors (Lipinski definition) is 1. The lowest BCUT2D eigenvalue weighted by Gasteiger charge is -2.16. The lowest BCUT2D eigenvalue weighted by atomic mass is 10.4. The maximum Gasteiger partial charge on any atom is 0.205 e. The van der Waals surface area contributed by atoms with Crippen molar-refractivity contribution in [1.29, 1.82) is 0 Å². The van der Waals surface area contributed by atoms with Crippen LogP contribution in [0.2, 0.25) is 0 Å². The maximum atomic E-state index is 5.34. The summed E-state index contributed by atoms with van der Waals surface area (Å²) in [4.78, 5) is 2.26. The number of nitrogens with one attached hydrogen (secondary N) is 1. The highest BCUT2D eigenvalue weighted by atomic mass is 32.1. The van der Waals surface area contributed by atoms with Gasteiger partial charge in [0, 0.05) is 7.05 Å². The molecule has 0 saturated heterocycles. The predicted octanol–water partition coefficient (Wildman–Crippen LogP) is 2.19. The standard InChI is InChI=1S/C11H16N4OS/c1-3-15(7-9-5-4-6-16-9)8-10-13-14-11(12-2)17-10/h4-6H,3,7-8H2,1-2H3,(H,12,14). The second-order valence-electron chi connectivity index (χ2n) is 3.63. The topological polar surface area (TPSA) is 54.2 Å². The quantitative estimate of drug-likeness (QED) is 0.854. The summed E-state index contributed by atoms with van der Waals surface area (Å²) in [6.45, 7) is 4.69. The molecule has 0 unspecified atom stereocenters. The van der Waals surface area contributed by atoms with Crippen LogP contribution < -0.4 is 5.32 Å². The van der Waals surface area contributed by atoms with Gasteiger partial charge in [0.2, 0.25) is 5.13 Å². The summed E-state index contributed by atoms with van der Waals surface area (Å²) in [7, 11) is 1.85. The second kappa shape index (κ2) is 5.79. The van der Waals surface area contributed by atoms with Crippen molar-refractivity contribution in [3.8, 4) is 0 Å². The van der Waals surface area contributed by atoms with Crippen LogP contribution in [0.1, 0.15) is 17.7 Å². The van der Waals surface area contributed by atoms with Crippen molar-refractivity contribution >= 4 is 16.5 Å². The minimum absolute atomic E-state index is 0.802. The molecule has 0 bridgehead atoms. The molecule has 0 aromatic carbocycles. The number of rotatable bonds is 6. The largest absolute Gasteiger partial charge is 0.468 e. The molecule has 2 rings (SSSR count). The van der Waals surface area contributed by atoms with Gasteiger partial charge in [-0.15, -0.1) is 10.2 Å². The maximum absolute atomic E-state index is 5.34. The van der Waals surface area contributed by atoms with E-state index < -0.39 is 0 Å². The lowest BCUT2D eigenvalue weighted by molar-refractivity contribution is 0.247. The van der Waals surface area contributed by atoms with E-state index in [1.54, 1.807) is 17.6 Å². The van der Waals surface area contributed by atoms with Crippen molar-refractivity contribution in [2.24, 2.45) is 0 Å². The summed E-state index contributed by atoms with van der Waals surface area (Å²) < 4.78 is 5.34. The highest BCUT2D eigenvalue weighted by Crippen LogP contribution is 2.17. The van der Waals surface area contributed by atoms with E-state index in [4.69, 9.17) is 4.42 Å². The molecule has 6 heteroatoms. The molecule has 92 valence electrons. The van der Waals surface area contributed by atoms with Crippen LogP contribution in [0.5, 0.6) is 0 Å². The summed E-state index contributed by atoms with van der Waals surface area (Å²) in [5.41, 5.74) is 0. The molecule has 0 radical (unpaired) electrons. The SMILES string of the molecule is CCN(Cc1ccco1)Cc1nnc(NC)s1. The lowest BCUT2D eigenvalue weighted by Crippen LogP contribution is -2.21. The summed E-state index contributed by atoms with van der Waals surface area (Å²) in [6, 6.07) is 3.90. The van der Waals surface area contributed by atoms with Crippen LogP contribution in [0.4, 0.5) is 5.13 Å². The molecule has 2 aromatic rings. The molecule has 2 heterocycles. The zero-order valence-corrected chi connectivity index (χ0v) is 10.8. The first-order chi connectivity index (χ1) is 8.31. The summed E-state index contributed by atoms with van der Waals surface area (Å²) in [5, 5.41) is 13.0. The number of furan rings is 1. The third-order valence-electron chi connectivity index (χ3n) is 2.45. The van der Waals surface area contributed by atoms with Gasteiger partial charge in [-0.25, -0.2) is 0 Å². The second-order valence-corrected chi connectivity index (χ2v) is 4.70. The fourth-order valence-corrected chi connectivity index (χ4v) is 2.25. The molecule has 0 aliphatic carbocycles. The Morgan fingerprint density at radius 1 is 1.41 bits per heavy atom. The van der Waals surface area contributed by atoms with Gasteiger partial charge in [-0.3, -0.25) is 4.90 Å². The van der Waals surface area contributed by atoms with E-state index in [9.17, 15) is 0 Å². The third-order valence-corrected chi connectivity index (χ3v) is 3.37. The van der Waals surface area contributed by atoms with Gasteiger partial charge < -0.3 is 9.73 Å². The molecule has 0 spiro atoms. The van der Waals surface area contributed by atoms with E-state index in [1.165, 1.54) is 0 Å². The zero-order chi connectivity index (χ0) is 12.1. The van der Waals surface area contributed by atoms with Crippen LogP contribution in [0.25, 0.3) is 0 Å². The molecule has 2 aromatic heterocycles. The Labute approximate surface area is 104 Å². The van der Waals surface area contributed by atoms with E-state index in [0.717, 1.165) is 35.5 Å². The summed E-state index contributed by atoms with van der Waals surface area (Å²) in [5.74, 6) is 0.977. The molecule has 5 nitrogen and oxygen atoms in total. The predicted molar refractivity (Wildman–Crippen MR) is 68.0 cm³/mol. The number of aromatic nitrogens is 2. The van der Waals surface area contributed by atoms with Crippen molar-refractivity contribution in [3.05, 3.63) is 29.2 Å². The molecular weight excluding hydrogens is 236 g/mol. The zero-order valence-electron chi connectivity index (χ0n) is 10.0. The van der Waals surface area contributed by atoms with Crippen molar-refractivity contribution in [3.63, 3.8) is 0 Å². The minimum atomic E-state index is 0.802. The molecular formula is C11H16N4OS. The fourth-order valence-electron chi connectivity index (χ4n) is 1.51. The molecule has 0 atom stereocenters. The van der Waals surface area contributed by atoms with E-state index in [-0.39, 0.29) is 0 Å². The first kappa shape index (κ1) is 12.1. The summed E-state index contributed by atoms with van der Waals surface area (Å²) >= 11 is 1.58. The van der Waals surface area contributed by atoms with Gasteiger partial charge in [0.25, 0.3) is 0 Å². The first-order valence-electron chi connectivity index (χ1n) is 5.56. The van der Waals surface area contributed by atoms with Crippen molar-refractivity contribution in [1.82, 2.24) is 15.1 Å². The van der Waals surface area contributed by atoms with Gasteiger partial charge in [-0.05, 0) is 18.7 Å². The van der Waals surface area contributed by atoms with E-state index in [1.807, 2.05) is 19.2 Å².